The third kappa shape index (κ3) is 7.14. The molecule has 1 amide bonds. The first-order valence-electron chi connectivity index (χ1n) is 9.88. The molecule has 1 atom stereocenters. The van der Waals surface area contributed by atoms with Crippen molar-refractivity contribution in [2.24, 2.45) is 0 Å². The number of nitrogens with zero attached hydrogens (tertiary/aromatic N) is 5. The largest absolute Gasteiger partial charge is 0.467 e. The van der Waals surface area contributed by atoms with Crippen molar-refractivity contribution in [3.8, 4) is 23.0 Å². The van der Waals surface area contributed by atoms with Crippen molar-refractivity contribution < 1.29 is 23.8 Å². The number of nitrogens with one attached hydrogen (secondary N) is 1. The van der Waals surface area contributed by atoms with E-state index in [2.05, 4.69) is 25.7 Å². The molecule has 0 aliphatic rings. The molecule has 1 N–H and O–H groups in total. The summed E-state index contributed by atoms with van der Waals surface area (Å²) in [7, 11) is 1.21. The summed E-state index contributed by atoms with van der Waals surface area (Å²) in [5, 5.41) is 15.2. The van der Waals surface area contributed by atoms with Crippen LogP contribution in [0.15, 0.2) is 42.6 Å². The maximum Gasteiger partial charge on any atom is 0.408 e. The Morgan fingerprint density at radius 1 is 1.15 bits per heavy atom. The number of ether oxygens (including phenoxy) is 3. The fourth-order valence-corrected chi connectivity index (χ4v) is 2.69. The summed E-state index contributed by atoms with van der Waals surface area (Å²) in [6.45, 7) is 5.03. The highest BCUT2D eigenvalue weighted by atomic mass is 35.5. The lowest BCUT2D eigenvalue weighted by Gasteiger charge is -2.22. The second kappa shape index (κ2) is 10.3. The molecule has 1 aromatic carbocycles. The van der Waals surface area contributed by atoms with Crippen molar-refractivity contribution >= 4 is 23.7 Å². The molecule has 11 nitrogen and oxygen atoms in total. The molecular weight excluding hydrogens is 452 g/mol. The number of pyridine rings is 1. The van der Waals surface area contributed by atoms with E-state index >= 15 is 0 Å². The first-order valence-corrected chi connectivity index (χ1v) is 10.3. The molecule has 2 heterocycles. The highest BCUT2D eigenvalue weighted by Crippen LogP contribution is 2.23. The highest BCUT2D eigenvalue weighted by molar-refractivity contribution is 6.30. The first kappa shape index (κ1) is 23.9. The smallest absolute Gasteiger partial charge is 0.408 e. The number of hydrogen-bond donors (Lipinski definition) is 1. The number of rotatable bonds is 7. The monoisotopic (exact) mass is 474 g/mol. The van der Waals surface area contributed by atoms with E-state index in [0.717, 1.165) is 0 Å². The first-order chi connectivity index (χ1) is 15.6. The number of carbonyl (C=O) groups is 2. The summed E-state index contributed by atoms with van der Waals surface area (Å²) < 4.78 is 15.6. The van der Waals surface area contributed by atoms with E-state index in [0.29, 0.717) is 22.2 Å². The fraction of sp³-hybridized carbons (Fsp3) is 0.333. The number of esters is 1. The average molecular weight is 475 g/mol. The lowest BCUT2D eigenvalue weighted by atomic mass is 10.2. The Hall–Kier alpha value is -3.73. The summed E-state index contributed by atoms with van der Waals surface area (Å²) in [5.74, 6) is 0.572. The highest BCUT2D eigenvalue weighted by Gasteiger charge is 2.26. The molecule has 2 aromatic heterocycles. The number of tetrazole rings is 1. The fourth-order valence-electron chi connectivity index (χ4n) is 2.57. The van der Waals surface area contributed by atoms with Crippen molar-refractivity contribution in [1.82, 2.24) is 30.5 Å². The Labute approximate surface area is 195 Å². The summed E-state index contributed by atoms with van der Waals surface area (Å²) in [6, 6.07) is 9.20. The molecule has 0 saturated heterocycles. The number of benzene rings is 1. The van der Waals surface area contributed by atoms with E-state index in [9.17, 15) is 9.59 Å². The Morgan fingerprint density at radius 3 is 2.48 bits per heavy atom. The lowest BCUT2D eigenvalue weighted by molar-refractivity contribution is -0.143. The van der Waals surface area contributed by atoms with Crippen LogP contribution in [0.3, 0.4) is 0 Å². The molecule has 0 radical (unpaired) electrons. The van der Waals surface area contributed by atoms with Crippen molar-refractivity contribution in [2.75, 3.05) is 7.11 Å². The molecule has 0 unspecified atom stereocenters. The Kier molecular flexibility index (Phi) is 7.44. The van der Waals surface area contributed by atoms with Crippen molar-refractivity contribution in [3.05, 3.63) is 47.6 Å². The number of methoxy groups -OCH3 is 1. The predicted octanol–water partition coefficient (Wildman–Crippen LogP) is 3.25. The number of alkyl carbamates (subject to hydrolysis) is 1. The molecule has 33 heavy (non-hydrogen) atoms. The zero-order chi connectivity index (χ0) is 24.0. The molecule has 3 aromatic rings. The number of halogens is 1. The van der Waals surface area contributed by atoms with E-state index in [4.69, 9.17) is 25.8 Å². The quantitative estimate of drug-likeness (QED) is 0.512. The maximum absolute atomic E-state index is 12.1. The van der Waals surface area contributed by atoms with Gasteiger partial charge in [0.25, 0.3) is 0 Å². The van der Waals surface area contributed by atoms with E-state index in [-0.39, 0.29) is 12.4 Å². The Bertz CT molecular complexity index is 1100. The summed E-state index contributed by atoms with van der Waals surface area (Å²) >= 11 is 5.87. The summed E-state index contributed by atoms with van der Waals surface area (Å²) in [5.41, 5.74) is -0.140. The zero-order valence-corrected chi connectivity index (χ0v) is 19.2. The van der Waals surface area contributed by atoms with Crippen molar-refractivity contribution in [2.45, 2.75) is 39.0 Å². The minimum absolute atomic E-state index is 0.107. The van der Waals surface area contributed by atoms with Gasteiger partial charge in [0.15, 0.2) is 6.04 Å². The summed E-state index contributed by atoms with van der Waals surface area (Å²) in [4.78, 5) is 29.6. The van der Waals surface area contributed by atoms with E-state index in [1.807, 2.05) is 0 Å². The van der Waals surface area contributed by atoms with Crippen LogP contribution in [0.4, 0.5) is 4.79 Å². The van der Waals surface area contributed by atoms with Gasteiger partial charge in [-0.05, 0) is 56.3 Å². The Balaban J connectivity index is 1.66. The van der Waals surface area contributed by atoms with Crippen LogP contribution < -0.4 is 10.1 Å². The maximum atomic E-state index is 12.1. The van der Waals surface area contributed by atoms with Crippen LogP contribution in [0, 0.1) is 0 Å². The van der Waals surface area contributed by atoms with Gasteiger partial charge in [0.2, 0.25) is 11.7 Å². The second-order valence-electron chi connectivity index (χ2n) is 7.83. The SMILES string of the molecule is COC(=O)[C@H](Cn1nnc(-c2ccc(Oc3ccc(Cl)cc3)nc2)n1)NC(=O)OC(C)(C)C. The number of hydrogen-bond acceptors (Lipinski definition) is 9. The van der Waals surface area contributed by atoms with Crippen LogP contribution in [-0.2, 0) is 20.8 Å². The third-order valence-electron chi connectivity index (χ3n) is 4.01. The molecule has 0 spiro atoms. The van der Waals surface area contributed by atoms with Gasteiger partial charge in [0.05, 0.1) is 13.7 Å². The van der Waals surface area contributed by atoms with E-state index in [1.54, 1.807) is 57.2 Å². The molecule has 0 saturated carbocycles. The van der Waals surface area contributed by atoms with E-state index < -0.39 is 23.7 Å². The van der Waals surface area contributed by atoms with Gasteiger partial charge in [0.1, 0.15) is 11.4 Å². The average Bonchev–Trinajstić information content (AvgIpc) is 3.22. The molecule has 3 rings (SSSR count). The molecule has 174 valence electrons. The van der Waals surface area contributed by atoms with Crippen LogP contribution in [0.2, 0.25) is 5.02 Å². The van der Waals surface area contributed by atoms with Crippen molar-refractivity contribution in [3.63, 3.8) is 0 Å². The van der Waals surface area contributed by atoms with Gasteiger partial charge in [-0.15, -0.1) is 10.2 Å². The topological polar surface area (TPSA) is 130 Å². The van der Waals surface area contributed by atoms with Crippen LogP contribution in [0.1, 0.15) is 20.8 Å². The van der Waals surface area contributed by atoms with Crippen LogP contribution in [0.25, 0.3) is 11.4 Å². The summed E-state index contributed by atoms with van der Waals surface area (Å²) in [6.07, 6.45) is 0.766. The van der Waals surface area contributed by atoms with Crippen LogP contribution >= 0.6 is 11.6 Å². The molecule has 0 fully saturated rings. The van der Waals surface area contributed by atoms with Gasteiger partial charge < -0.3 is 19.5 Å². The van der Waals surface area contributed by atoms with Gasteiger partial charge in [0, 0.05) is 22.8 Å². The van der Waals surface area contributed by atoms with Crippen LogP contribution in [-0.4, -0.2) is 56.0 Å². The molecule has 0 bridgehead atoms. The predicted molar refractivity (Wildman–Crippen MR) is 118 cm³/mol. The standard InChI is InChI=1S/C21H23ClN6O5/c1-21(2,3)33-20(30)24-16(19(29)31-4)12-28-26-18(25-27-28)13-5-10-17(23-11-13)32-15-8-6-14(22)7-9-15/h5-11,16H,12H2,1-4H3,(H,24,30)/t16-/m0/s1. The lowest BCUT2D eigenvalue weighted by Crippen LogP contribution is -2.46. The van der Waals surface area contributed by atoms with Gasteiger partial charge >= 0.3 is 12.1 Å². The second-order valence-corrected chi connectivity index (χ2v) is 8.27. The number of aromatic nitrogens is 5. The third-order valence-corrected chi connectivity index (χ3v) is 4.26. The Morgan fingerprint density at radius 2 is 1.88 bits per heavy atom. The van der Waals surface area contributed by atoms with Gasteiger partial charge in [-0.25, -0.2) is 14.6 Å². The zero-order valence-electron chi connectivity index (χ0n) is 18.5. The molecular formula is C21H23ClN6O5. The van der Waals surface area contributed by atoms with Gasteiger partial charge in [-0.2, -0.15) is 4.80 Å². The van der Waals surface area contributed by atoms with Gasteiger partial charge in [-0.3, -0.25) is 0 Å². The van der Waals surface area contributed by atoms with Crippen molar-refractivity contribution in [1.29, 1.82) is 0 Å². The normalized spacial score (nSPS) is 12.0. The van der Waals surface area contributed by atoms with E-state index in [1.165, 1.54) is 18.1 Å². The minimum Gasteiger partial charge on any atom is -0.467 e. The number of amides is 1. The molecule has 12 heteroatoms. The van der Waals surface area contributed by atoms with Gasteiger partial charge in [-0.1, -0.05) is 11.6 Å². The minimum atomic E-state index is -1.07. The molecule has 0 aliphatic carbocycles. The molecule has 0 aliphatic heterocycles. The number of carbonyl (C=O) groups excluding carboxylic acids is 2. The van der Waals surface area contributed by atoms with Crippen LogP contribution in [0.5, 0.6) is 11.6 Å².